The van der Waals surface area contributed by atoms with Crippen LogP contribution < -0.4 is 10.6 Å². The number of hydrogen-bond donors (Lipinski definition) is 2. The first kappa shape index (κ1) is 12.9. The minimum Gasteiger partial charge on any atom is -0.352 e. The van der Waals surface area contributed by atoms with Crippen LogP contribution >= 0.6 is 11.6 Å². The molecule has 6 heteroatoms. The van der Waals surface area contributed by atoms with Crippen LogP contribution in [0.25, 0.3) is 0 Å². The molecule has 1 amide bonds. The highest BCUT2D eigenvalue weighted by atomic mass is 35.5. The van der Waals surface area contributed by atoms with E-state index in [1.54, 1.807) is 6.20 Å². The van der Waals surface area contributed by atoms with Gasteiger partial charge in [-0.1, -0.05) is 0 Å². The van der Waals surface area contributed by atoms with Gasteiger partial charge in [-0.15, -0.1) is 0 Å². The number of benzene rings is 1. The predicted molar refractivity (Wildman–Crippen MR) is 77.5 cm³/mol. The molecule has 0 aliphatic carbocycles. The van der Waals surface area contributed by atoms with Crippen molar-refractivity contribution in [3.8, 4) is 0 Å². The van der Waals surface area contributed by atoms with Gasteiger partial charge in [0.25, 0.3) is 5.91 Å². The Morgan fingerprint density at radius 3 is 3.10 bits per heavy atom. The molecule has 1 aromatic heterocycles. The maximum Gasteiger partial charge on any atom is 0.251 e. The topological polar surface area (TPSA) is 66.9 Å². The van der Waals surface area contributed by atoms with E-state index < -0.39 is 0 Å². The van der Waals surface area contributed by atoms with Gasteiger partial charge in [0.15, 0.2) is 0 Å². The van der Waals surface area contributed by atoms with E-state index in [9.17, 15) is 4.79 Å². The standard InChI is InChI=1S/C14H13ClN4O/c1-8-7-17-14(15)19-12(8)18-10-2-3-11-9(6-10)4-5-16-13(11)20/h2-3,6-7H,4-5H2,1H3,(H,16,20)(H,17,18,19). The first-order valence-electron chi connectivity index (χ1n) is 6.31. The average Bonchev–Trinajstić information content (AvgIpc) is 2.43. The van der Waals surface area contributed by atoms with Gasteiger partial charge in [-0.3, -0.25) is 4.79 Å². The van der Waals surface area contributed by atoms with Crippen LogP contribution in [-0.2, 0) is 6.42 Å². The number of anilines is 2. The second-order valence-corrected chi connectivity index (χ2v) is 5.01. The normalized spacial score (nSPS) is 13.6. The van der Waals surface area contributed by atoms with Gasteiger partial charge in [0.05, 0.1) is 0 Å². The summed E-state index contributed by atoms with van der Waals surface area (Å²) in [7, 11) is 0. The second kappa shape index (κ2) is 5.09. The molecule has 0 saturated carbocycles. The molecule has 0 saturated heterocycles. The number of nitrogens with one attached hydrogen (secondary N) is 2. The highest BCUT2D eigenvalue weighted by Gasteiger charge is 2.16. The number of nitrogens with zero attached hydrogens (tertiary/aromatic N) is 2. The van der Waals surface area contributed by atoms with E-state index in [2.05, 4.69) is 20.6 Å². The Morgan fingerprint density at radius 1 is 1.40 bits per heavy atom. The first-order valence-corrected chi connectivity index (χ1v) is 6.68. The molecule has 0 fully saturated rings. The molecule has 0 spiro atoms. The summed E-state index contributed by atoms with van der Waals surface area (Å²) < 4.78 is 0. The number of amides is 1. The van der Waals surface area contributed by atoms with E-state index in [0.717, 1.165) is 28.8 Å². The molecule has 20 heavy (non-hydrogen) atoms. The summed E-state index contributed by atoms with van der Waals surface area (Å²) in [6.07, 6.45) is 2.50. The molecule has 2 aromatic rings. The van der Waals surface area contributed by atoms with E-state index in [1.165, 1.54) is 0 Å². The van der Waals surface area contributed by atoms with Crippen LogP contribution in [-0.4, -0.2) is 22.4 Å². The summed E-state index contributed by atoms with van der Waals surface area (Å²) >= 11 is 5.80. The monoisotopic (exact) mass is 288 g/mol. The van der Waals surface area contributed by atoms with Gasteiger partial charge in [-0.25, -0.2) is 9.97 Å². The number of carbonyl (C=O) groups is 1. The number of aryl methyl sites for hydroxylation is 1. The molecule has 1 aliphatic rings. The van der Waals surface area contributed by atoms with E-state index in [-0.39, 0.29) is 11.2 Å². The molecule has 3 rings (SSSR count). The lowest BCUT2D eigenvalue weighted by Crippen LogP contribution is -2.31. The number of fused-ring (bicyclic) bond motifs is 1. The molecule has 2 heterocycles. The Morgan fingerprint density at radius 2 is 2.25 bits per heavy atom. The zero-order valence-corrected chi connectivity index (χ0v) is 11.7. The molecule has 0 bridgehead atoms. The van der Waals surface area contributed by atoms with Crippen LogP contribution in [0.2, 0.25) is 5.28 Å². The SMILES string of the molecule is Cc1cnc(Cl)nc1Nc1ccc2c(c1)CCNC2=O. The Balaban J connectivity index is 1.92. The van der Waals surface area contributed by atoms with Crippen molar-refractivity contribution < 1.29 is 4.79 Å². The van der Waals surface area contributed by atoms with Crippen molar-refractivity contribution in [2.75, 3.05) is 11.9 Å². The van der Waals surface area contributed by atoms with Gasteiger partial charge in [0, 0.05) is 29.6 Å². The van der Waals surface area contributed by atoms with E-state index in [1.807, 2.05) is 25.1 Å². The third kappa shape index (κ3) is 2.44. The van der Waals surface area contributed by atoms with Gasteiger partial charge >= 0.3 is 0 Å². The summed E-state index contributed by atoms with van der Waals surface area (Å²) in [5.74, 6) is 0.657. The number of aromatic nitrogens is 2. The van der Waals surface area contributed by atoms with Gasteiger partial charge in [0.1, 0.15) is 5.82 Å². The van der Waals surface area contributed by atoms with Crippen LogP contribution in [0.3, 0.4) is 0 Å². The number of carbonyl (C=O) groups excluding carboxylic acids is 1. The van der Waals surface area contributed by atoms with Gasteiger partial charge in [-0.2, -0.15) is 0 Å². The van der Waals surface area contributed by atoms with Gasteiger partial charge in [-0.05, 0) is 48.7 Å². The fourth-order valence-electron chi connectivity index (χ4n) is 2.19. The molecule has 5 nitrogen and oxygen atoms in total. The minimum absolute atomic E-state index is 0.0148. The zero-order valence-electron chi connectivity index (χ0n) is 10.9. The summed E-state index contributed by atoms with van der Waals surface area (Å²) in [6.45, 7) is 2.58. The summed E-state index contributed by atoms with van der Waals surface area (Å²) in [5.41, 5.74) is 3.57. The zero-order chi connectivity index (χ0) is 14.1. The smallest absolute Gasteiger partial charge is 0.251 e. The summed E-state index contributed by atoms with van der Waals surface area (Å²) in [5, 5.41) is 6.24. The summed E-state index contributed by atoms with van der Waals surface area (Å²) in [6, 6.07) is 5.66. The van der Waals surface area contributed by atoms with E-state index >= 15 is 0 Å². The number of rotatable bonds is 2. The average molecular weight is 289 g/mol. The second-order valence-electron chi connectivity index (χ2n) is 4.67. The Hall–Kier alpha value is -2.14. The lowest BCUT2D eigenvalue weighted by atomic mass is 10.00. The van der Waals surface area contributed by atoms with Crippen molar-refractivity contribution in [2.45, 2.75) is 13.3 Å². The third-order valence-electron chi connectivity index (χ3n) is 3.23. The van der Waals surface area contributed by atoms with Crippen molar-refractivity contribution >= 4 is 29.0 Å². The Bertz CT molecular complexity index is 687. The Labute approximate surface area is 121 Å². The largest absolute Gasteiger partial charge is 0.352 e. The van der Waals surface area contributed by atoms with Crippen LogP contribution in [0.15, 0.2) is 24.4 Å². The first-order chi connectivity index (χ1) is 9.63. The van der Waals surface area contributed by atoms with Crippen molar-refractivity contribution in [2.24, 2.45) is 0 Å². The highest BCUT2D eigenvalue weighted by Crippen LogP contribution is 2.23. The molecule has 2 N–H and O–H groups in total. The maximum atomic E-state index is 11.7. The molecule has 1 aliphatic heterocycles. The van der Waals surface area contributed by atoms with Gasteiger partial charge in [0.2, 0.25) is 5.28 Å². The number of hydrogen-bond acceptors (Lipinski definition) is 4. The molecule has 102 valence electrons. The fraction of sp³-hybridized carbons (Fsp3) is 0.214. The molecular weight excluding hydrogens is 276 g/mol. The van der Waals surface area contributed by atoms with Gasteiger partial charge < -0.3 is 10.6 Å². The quantitative estimate of drug-likeness (QED) is 0.833. The summed E-state index contributed by atoms with van der Waals surface area (Å²) in [4.78, 5) is 19.8. The molecule has 1 aromatic carbocycles. The van der Waals surface area contributed by atoms with Crippen LogP contribution in [0.5, 0.6) is 0 Å². The highest BCUT2D eigenvalue weighted by molar-refractivity contribution is 6.28. The lowest BCUT2D eigenvalue weighted by molar-refractivity contribution is 0.0946. The molecule has 0 radical (unpaired) electrons. The van der Waals surface area contributed by atoms with E-state index in [0.29, 0.717) is 12.4 Å². The lowest BCUT2D eigenvalue weighted by Gasteiger charge is -2.17. The fourth-order valence-corrected chi connectivity index (χ4v) is 2.32. The predicted octanol–water partition coefficient (Wildman–Crippen LogP) is 2.47. The van der Waals surface area contributed by atoms with Crippen LogP contribution in [0.4, 0.5) is 11.5 Å². The van der Waals surface area contributed by atoms with Crippen LogP contribution in [0.1, 0.15) is 21.5 Å². The van der Waals surface area contributed by atoms with Crippen molar-refractivity contribution in [3.63, 3.8) is 0 Å². The van der Waals surface area contributed by atoms with Crippen molar-refractivity contribution in [3.05, 3.63) is 46.4 Å². The number of halogens is 1. The molecule has 0 unspecified atom stereocenters. The third-order valence-corrected chi connectivity index (χ3v) is 3.42. The Kier molecular flexibility index (Phi) is 3.28. The molecular formula is C14H13ClN4O. The van der Waals surface area contributed by atoms with Crippen LogP contribution in [0, 0.1) is 6.92 Å². The minimum atomic E-state index is -0.0148. The van der Waals surface area contributed by atoms with Crippen molar-refractivity contribution in [1.29, 1.82) is 0 Å². The maximum absolute atomic E-state index is 11.7. The van der Waals surface area contributed by atoms with E-state index in [4.69, 9.17) is 11.6 Å². The van der Waals surface area contributed by atoms with Crippen molar-refractivity contribution in [1.82, 2.24) is 15.3 Å². The molecule has 0 atom stereocenters.